The van der Waals surface area contributed by atoms with Gasteiger partial charge in [0.05, 0.1) is 12.7 Å². The van der Waals surface area contributed by atoms with Crippen molar-refractivity contribution in [2.45, 2.75) is 13.2 Å². The maximum Gasteiger partial charge on any atom is 0.387 e. The number of anilines is 1. The van der Waals surface area contributed by atoms with E-state index in [9.17, 15) is 13.6 Å². The smallest absolute Gasteiger partial charge is 0.387 e. The highest BCUT2D eigenvalue weighted by atomic mass is 35.5. The number of alkyl halides is 2. The molecule has 0 saturated heterocycles. The van der Waals surface area contributed by atoms with E-state index in [0.717, 1.165) is 10.5 Å². The fourth-order valence-electron chi connectivity index (χ4n) is 2.15. The van der Waals surface area contributed by atoms with Crippen molar-refractivity contribution in [3.8, 4) is 5.75 Å². The number of rotatable bonds is 7. The van der Waals surface area contributed by atoms with Crippen LogP contribution in [0, 0.1) is 0 Å². The first-order chi connectivity index (χ1) is 11.4. The van der Waals surface area contributed by atoms with Crippen LogP contribution in [-0.2, 0) is 11.3 Å². The first-order valence-electron chi connectivity index (χ1n) is 7.19. The highest BCUT2D eigenvalue weighted by Gasteiger charge is 2.13. The molecule has 0 aliphatic rings. The van der Waals surface area contributed by atoms with Gasteiger partial charge in [-0.1, -0.05) is 11.6 Å². The van der Waals surface area contributed by atoms with Gasteiger partial charge in [-0.3, -0.25) is 4.79 Å². The fourth-order valence-corrected chi connectivity index (χ4v) is 2.31. The Kier molecular flexibility index (Phi) is 6.45. The molecule has 0 bridgehead atoms. The number of amides is 1. The zero-order valence-electron chi connectivity index (χ0n) is 12.9. The van der Waals surface area contributed by atoms with Crippen LogP contribution in [0.3, 0.4) is 0 Å². The number of hydrogen-bond donors (Lipinski definition) is 2. The maximum absolute atomic E-state index is 12.1. The van der Waals surface area contributed by atoms with Gasteiger partial charge in [0.15, 0.2) is 11.7 Å². The Balaban J connectivity index is 1.85. The third kappa shape index (κ3) is 5.75. The number of likely N-dealkylation sites (N-methyl/N-ethyl adjacent to an activating group) is 1. The summed E-state index contributed by atoms with van der Waals surface area (Å²) in [6.07, 6.45) is 1.54. The maximum atomic E-state index is 12.1. The summed E-state index contributed by atoms with van der Waals surface area (Å²) in [5.74, 6) is -0.0876. The molecule has 128 valence electrons. The fraction of sp³-hybridized carbons (Fsp3) is 0.250. The number of pyridine rings is 1. The van der Waals surface area contributed by atoms with Crippen molar-refractivity contribution in [2.75, 3.05) is 18.9 Å². The molecule has 0 aliphatic heterocycles. The Labute approximate surface area is 143 Å². The number of quaternary nitrogens is 1. The zero-order chi connectivity index (χ0) is 17.5. The number of nitrogens with one attached hydrogen (secondary N) is 2. The molecule has 1 heterocycles. The second-order valence-corrected chi connectivity index (χ2v) is 5.58. The lowest BCUT2D eigenvalue weighted by molar-refractivity contribution is -0.885. The van der Waals surface area contributed by atoms with E-state index in [4.69, 9.17) is 11.6 Å². The molecule has 0 saturated carbocycles. The van der Waals surface area contributed by atoms with E-state index < -0.39 is 6.61 Å². The first-order valence-corrected chi connectivity index (χ1v) is 7.57. The van der Waals surface area contributed by atoms with E-state index in [2.05, 4.69) is 15.0 Å². The standard InChI is InChI=1S/C16H16ClF2N3O2/c1-22(9-11-4-6-12(7-5-11)24-16(18)19)10-14(23)21-13-3-2-8-20-15(13)17/h2-8,16H,9-10H2,1H3,(H,21,23)/p+1. The Hall–Kier alpha value is -2.25. The number of nitrogens with zero attached hydrogens (tertiary/aromatic N) is 1. The van der Waals surface area contributed by atoms with Gasteiger partial charge >= 0.3 is 6.61 Å². The normalized spacial score (nSPS) is 12.0. The van der Waals surface area contributed by atoms with Crippen molar-refractivity contribution < 1.29 is 23.2 Å². The topological polar surface area (TPSA) is 55.7 Å². The second-order valence-electron chi connectivity index (χ2n) is 5.22. The summed E-state index contributed by atoms with van der Waals surface area (Å²) in [4.78, 5) is 16.8. The summed E-state index contributed by atoms with van der Waals surface area (Å²) in [5.41, 5.74) is 1.37. The van der Waals surface area contributed by atoms with Gasteiger partial charge in [-0.25, -0.2) is 4.98 Å². The molecule has 1 aromatic heterocycles. The molecule has 2 rings (SSSR count). The third-order valence-electron chi connectivity index (χ3n) is 3.15. The molecule has 24 heavy (non-hydrogen) atoms. The minimum absolute atomic E-state index is 0.107. The van der Waals surface area contributed by atoms with E-state index in [0.29, 0.717) is 12.2 Å². The van der Waals surface area contributed by atoms with Crippen LogP contribution in [0.25, 0.3) is 0 Å². The van der Waals surface area contributed by atoms with Crippen LogP contribution >= 0.6 is 11.6 Å². The predicted molar refractivity (Wildman–Crippen MR) is 86.4 cm³/mol. The molecular weight excluding hydrogens is 340 g/mol. The lowest BCUT2D eigenvalue weighted by atomic mass is 10.2. The Morgan fingerprint density at radius 1 is 1.33 bits per heavy atom. The van der Waals surface area contributed by atoms with Crippen LogP contribution in [0.15, 0.2) is 42.6 Å². The van der Waals surface area contributed by atoms with Gasteiger partial charge < -0.3 is 15.0 Å². The quantitative estimate of drug-likeness (QED) is 0.746. The van der Waals surface area contributed by atoms with Crippen molar-refractivity contribution in [1.29, 1.82) is 0 Å². The highest BCUT2D eigenvalue weighted by Crippen LogP contribution is 2.17. The molecule has 1 aromatic carbocycles. The van der Waals surface area contributed by atoms with Gasteiger partial charge in [0.25, 0.3) is 5.91 Å². The van der Waals surface area contributed by atoms with Crippen LogP contribution in [0.2, 0.25) is 5.15 Å². The van der Waals surface area contributed by atoms with Gasteiger partial charge in [-0.2, -0.15) is 8.78 Å². The minimum atomic E-state index is -2.84. The summed E-state index contributed by atoms with van der Waals surface area (Å²) < 4.78 is 28.5. The molecule has 1 amide bonds. The van der Waals surface area contributed by atoms with Crippen molar-refractivity contribution in [3.05, 3.63) is 53.3 Å². The van der Waals surface area contributed by atoms with Crippen LogP contribution in [0.1, 0.15) is 5.56 Å². The molecule has 8 heteroatoms. The van der Waals surface area contributed by atoms with Crippen molar-refractivity contribution in [3.63, 3.8) is 0 Å². The van der Waals surface area contributed by atoms with E-state index in [-0.39, 0.29) is 23.4 Å². The van der Waals surface area contributed by atoms with Crippen LogP contribution in [0.4, 0.5) is 14.5 Å². The molecule has 5 nitrogen and oxygen atoms in total. The van der Waals surface area contributed by atoms with Crippen LogP contribution in [0.5, 0.6) is 5.75 Å². The van der Waals surface area contributed by atoms with E-state index >= 15 is 0 Å². The van der Waals surface area contributed by atoms with Crippen LogP contribution in [-0.4, -0.2) is 31.1 Å². The summed E-state index contributed by atoms with van der Waals surface area (Å²) in [7, 11) is 1.86. The Morgan fingerprint density at radius 2 is 2.04 bits per heavy atom. The summed E-state index contributed by atoms with van der Waals surface area (Å²) in [5, 5.41) is 2.93. The second kappa shape index (κ2) is 8.56. The third-order valence-corrected chi connectivity index (χ3v) is 3.45. The van der Waals surface area contributed by atoms with Gasteiger partial charge in [-0.15, -0.1) is 0 Å². The zero-order valence-corrected chi connectivity index (χ0v) is 13.7. The van der Waals surface area contributed by atoms with Crippen molar-refractivity contribution in [1.82, 2.24) is 4.98 Å². The molecule has 0 aliphatic carbocycles. The van der Waals surface area contributed by atoms with Gasteiger partial charge in [-0.05, 0) is 36.4 Å². The molecular formula is C16H17ClF2N3O2+. The predicted octanol–water partition coefficient (Wildman–Crippen LogP) is 1.99. The number of ether oxygens (including phenoxy) is 1. The summed E-state index contributed by atoms with van der Waals surface area (Å²) >= 11 is 5.89. The van der Waals surface area contributed by atoms with Crippen LogP contribution < -0.4 is 15.0 Å². The molecule has 2 aromatic rings. The average molecular weight is 357 g/mol. The van der Waals surface area contributed by atoms with E-state index in [1.807, 2.05) is 7.05 Å². The number of aromatic nitrogens is 1. The summed E-state index contributed by atoms with van der Waals surface area (Å²) in [6.45, 7) is -2.06. The Morgan fingerprint density at radius 3 is 2.67 bits per heavy atom. The molecule has 2 N–H and O–H groups in total. The minimum Gasteiger partial charge on any atom is -0.435 e. The average Bonchev–Trinajstić information content (AvgIpc) is 2.51. The first kappa shape index (κ1) is 18.1. The lowest BCUT2D eigenvalue weighted by Gasteiger charge is -2.14. The van der Waals surface area contributed by atoms with Gasteiger partial charge in [0, 0.05) is 11.8 Å². The van der Waals surface area contributed by atoms with E-state index in [1.54, 1.807) is 24.3 Å². The lowest BCUT2D eigenvalue weighted by Crippen LogP contribution is -3.08. The van der Waals surface area contributed by atoms with Gasteiger partial charge in [0.1, 0.15) is 12.3 Å². The van der Waals surface area contributed by atoms with Crippen molar-refractivity contribution in [2.24, 2.45) is 0 Å². The number of hydrogen-bond acceptors (Lipinski definition) is 3. The van der Waals surface area contributed by atoms with E-state index in [1.165, 1.54) is 18.3 Å². The molecule has 0 spiro atoms. The van der Waals surface area contributed by atoms with Gasteiger partial charge in [0.2, 0.25) is 0 Å². The number of carbonyl (C=O) groups excluding carboxylic acids is 1. The molecule has 0 radical (unpaired) electrons. The molecule has 0 fully saturated rings. The largest absolute Gasteiger partial charge is 0.435 e. The van der Waals surface area contributed by atoms with Crippen molar-refractivity contribution >= 4 is 23.2 Å². The monoisotopic (exact) mass is 356 g/mol. The molecule has 1 atom stereocenters. The molecule has 1 unspecified atom stereocenters. The number of benzene rings is 1. The Bertz CT molecular complexity index is 683. The summed E-state index contributed by atoms with van der Waals surface area (Å²) in [6, 6.07) is 9.69. The highest BCUT2D eigenvalue weighted by molar-refractivity contribution is 6.32. The number of carbonyl (C=O) groups is 1. The SMILES string of the molecule is C[NH+](CC(=O)Nc1cccnc1Cl)Cc1ccc(OC(F)F)cc1. The number of halogens is 3.